The van der Waals surface area contributed by atoms with Crippen molar-refractivity contribution in [1.29, 1.82) is 0 Å². The Kier molecular flexibility index (Phi) is 4.28. The number of ketones is 1. The fraction of sp³-hybridized carbons (Fsp3) is 0.211. The number of nitrogens with one attached hydrogen (secondary N) is 1. The van der Waals surface area contributed by atoms with E-state index in [1.54, 1.807) is 4.57 Å². The van der Waals surface area contributed by atoms with E-state index in [2.05, 4.69) is 10.2 Å². The number of Topliss-reactive ketones (excluding diaryl/α,β-unsaturated/α-hetero) is 1. The summed E-state index contributed by atoms with van der Waals surface area (Å²) >= 11 is 1.33. The van der Waals surface area contributed by atoms with Gasteiger partial charge in [0.2, 0.25) is 0 Å². The molecular formula is C19H17N3O2S. The average molecular weight is 351 g/mol. The maximum Gasteiger partial charge on any atom is 0.344 e. The summed E-state index contributed by atoms with van der Waals surface area (Å²) in [6, 6.07) is 19.1. The molecule has 1 N–H and O–H groups in total. The average Bonchev–Trinajstić information content (AvgIpc) is 3.43. The molecule has 0 radical (unpaired) electrons. The van der Waals surface area contributed by atoms with Crippen LogP contribution >= 0.6 is 11.8 Å². The van der Waals surface area contributed by atoms with Crippen molar-refractivity contribution in [3.05, 3.63) is 82.3 Å². The molecule has 1 aliphatic rings. The molecule has 0 spiro atoms. The molecule has 5 nitrogen and oxygen atoms in total. The first-order valence-corrected chi connectivity index (χ1v) is 9.10. The third-order valence-corrected chi connectivity index (χ3v) is 5.43. The summed E-state index contributed by atoms with van der Waals surface area (Å²) in [7, 11) is 0. The van der Waals surface area contributed by atoms with Crippen molar-refractivity contribution in [2.24, 2.45) is 0 Å². The van der Waals surface area contributed by atoms with E-state index in [1.165, 1.54) is 11.8 Å². The molecule has 126 valence electrons. The number of benzene rings is 2. The van der Waals surface area contributed by atoms with Gasteiger partial charge in [-0.15, -0.1) is 5.10 Å². The molecule has 0 saturated heterocycles. The summed E-state index contributed by atoms with van der Waals surface area (Å²) in [5, 5.41) is 6.80. The summed E-state index contributed by atoms with van der Waals surface area (Å²) < 4.78 is 1.68. The molecule has 1 aliphatic carbocycles. The summed E-state index contributed by atoms with van der Waals surface area (Å²) in [6.45, 7) is 0. The van der Waals surface area contributed by atoms with Crippen LogP contribution in [0.15, 0.2) is 70.6 Å². The van der Waals surface area contributed by atoms with Gasteiger partial charge in [-0.3, -0.25) is 9.36 Å². The van der Waals surface area contributed by atoms with Gasteiger partial charge >= 0.3 is 5.69 Å². The van der Waals surface area contributed by atoms with Crippen LogP contribution in [0.4, 0.5) is 0 Å². The van der Waals surface area contributed by atoms with Crippen LogP contribution in [0, 0.1) is 0 Å². The lowest BCUT2D eigenvalue weighted by Gasteiger charge is -2.16. The standard InChI is InChI=1S/C19H17N3O2S/c23-16(13-7-3-1-4-8-13)17(14-9-5-2-6-10-14)25-19-21-20-18(24)22(19)15-11-12-15/h1-10,15,17H,11-12H2,(H,20,24)/t17-/m0/s1. The van der Waals surface area contributed by atoms with E-state index in [1.807, 2.05) is 60.7 Å². The Morgan fingerprint density at radius 1 is 1.08 bits per heavy atom. The van der Waals surface area contributed by atoms with Crippen LogP contribution in [0.2, 0.25) is 0 Å². The minimum absolute atomic E-state index is 0.00889. The molecule has 0 aliphatic heterocycles. The molecule has 0 amide bonds. The lowest BCUT2D eigenvalue weighted by Crippen LogP contribution is -2.17. The number of thioether (sulfide) groups is 1. The van der Waals surface area contributed by atoms with Crippen LogP contribution in [-0.4, -0.2) is 20.5 Å². The highest BCUT2D eigenvalue weighted by Crippen LogP contribution is 2.41. The molecule has 1 saturated carbocycles. The first kappa shape index (κ1) is 15.9. The lowest BCUT2D eigenvalue weighted by molar-refractivity contribution is 0.0989. The van der Waals surface area contributed by atoms with E-state index < -0.39 is 5.25 Å². The van der Waals surface area contributed by atoms with Crippen LogP contribution < -0.4 is 5.69 Å². The van der Waals surface area contributed by atoms with Gasteiger partial charge in [0.05, 0.1) is 0 Å². The Labute approximate surface area is 149 Å². The normalized spacial score (nSPS) is 15.0. The Hall–Kier alpha value is -2.60. The van der Waals surface area contributed by atoms with E-state index >= 15 is 0 Å². The zero-order valence-corrected chi connectivity index (χ0v) is 14.3. The Bertz CT molecular complexity index is 930. The van der Waals surface area contributed by atoms with Crippen molar-refractivity contribution in [3.63, 3.8) is 0 Å². The summed E-state index contributed by atoms with van der Waals surface area (Å²) in [4.78, 5) is 25.1. The molecule has 4 rings (SSSR count). The third-order valence-electron chi connectivity index (χ3n) is 4.21. The van der Waals surface area contributed by atoms with Gasteiger partial charge in [-0.05, 0) is 18.4 Å². The van der Waals surface area contributed by atoms with Crippen molar-refractivity contribution in [1.82, 2.24) is 14.8 Å². The second-order valence-electron chi connectivity index (χ2n) is 6.05. The molecule has 1 heterocycles. The molecular weight excluding hydrogens is 334 g/mol. The maximum atomic E-state index is 13.1. The van der Waals surface area contributed by atoms with Gasteiger partial charge in [0, 0.05) is 11.6 Å². The Morgan fingerprint density at radius 2 is 1.72 bits per heavy atom. The second kappa shape index (κ2) is 6.72. The van der Waals surface area contributed by atoms with Crippen LogP contribution in [0.25, 0.3) is 0 Å². The quantitative estimate of drug-likeness (QED) is 0.544. The van der Waals surface area contributed by atoms with Crippen molar-refractivity contribution in [2.45, 2.75) is 29.3 Å². The number of aromatic amines is 1. The molecule has 1 aromatic heterocycles. The molecule has 6 heteroatoms. The van der Waals surface area contributed by atoms with Gasteiger partial charge in [-0.25, -0.2) is 9.89 Å². The number of hydrogen-bond donors (Lipinski definition) is 1. The number of hydrogen-bond acceptors (Lipinski definition) is 4. The fourth-order valence-corrected chi connectivity index (χ4v) is 3.98. The van der Waals surface area contributed by atoms with Gasteiger partial charge in [0.1, 0.15) is 5.25 Å². The number of rotatable bonds is 6. The largest absolute Gasteiger partial charge is 0.344 e. The van der Waals surface area contributed by atoms with Crippen LogP contribution in [0.1, 0.15) is 40.1 Å². The van der Waals surface area contributed by atoms with Gasteiger partial charge in [-0.1, -0.05) is 72.4 Å². The number of nitrogens with zero attached hydrogens (tertiary/aromatic N) is 2. The minimum atomic E-state index is -0.448. The van der Waals surface area contributed by atoms with Crippen LogP contribution in [-0.2, 0) is 0 Å². The van der Waals surface area contributed by atoms with Gasteiger partial charge in [-0.2, -0.15) is 0 Å². The number of carbonyl (C=O) groups is 1. The Balaban J connectivity index is 1.71. The number of aromatic nitrogens is 3. The molecule has 1 fully saturated rings. The molecule has 1 atom stereocenters. The van der Waals surface area contributed by atoms with Crippen molar-refractivity contribution >= 4 is 17.5 Å². The molecule has 2 aromatic carbocycles. The molecule has 0 unspecified atom stereocenters. The molecule has 25 heavy (non-hydrogen) atoms. The predicted molar refractivity (Wildman–Crippen MR) is 96.9 cm³/mol. The summed E-state index contributed by atoms with van der Waals surface area (Å²) in [5.41, 5.74) is 1.35. The highest BCUT2D eigenvalue weighted by molar-refractivity contribution is 8.00. The van der Waals surface area contributed by atoms with Crippen molar-refractivity contribution in [3.8, 4) is 0 Å². The summed E-state index contributed by atoms with van der Waals surface area (Å²) in [5.74, 6) is 0.00889. The lowest BCUT2D eigenvalue weighted by atomic mass is 10.0. The predicted octanol–water partition coefficient (Wildman–Crippen LogP) is 3.62. The van der Waals surface area contributed by atoms with Gasteiger partial charge in [0.15, 0.2) is 10.9 Å². The zero-order valence-electron chi connectivity index (χ0n) is 13.5. The van der Waals surface area contributed by atoms with E-state index in [9.17, 15) is 9.59 Å². The van der Waals surface area contributed by atoms with Crippen LogP contribution in [0.3, 0.4) is 0 Å². The monoisotopic (exact) mass is 351 g/mol. The highest BCUT2D eigenvalue weighted by atomic mass is 32.2. The van der Waals surface area contributed by atoms with Gasteiger partial charge in [0.25, 0.3) is 0 Å². The molecule has 3 aromatic rings. The minimum Gasteiger partial charge on any atom is -0.293 e. The third kappa shape index (κ3) is 3.30. The topological polar surface area (TPSA) is 67.8 Å². The second-order valence-corrected chi connectivity index (χ2v) is 7.12. The number of H-pyrrole nitrogens is 1. The smallest absolute Gasteiger partial charge is 0.293 e. The zero-order chi connectivity index (χ0) is 17.2. The maximum absolute atomic E-state index is 13.1. The summed E-state index contributed by atoms with van der Waals surface area (Å²) in [6.07, 6.45) is 1.96. The van der Waals surface area contributed by atoms with E-state index in [4.69, 9.17) is 0 Å². The molecule has 0 bridgehead atoms. The van der Waals surface area contributed by atoms with Gasteiger partial charge < -0.3 is 0 Å². The van der Waals surface area contributed by atoms with Crippen molar-refractivity contribution in [2.75, 3.05) is 0 Å². The highest BCUT2D eigenvalue weighted by Gasteiger charge is 2.31. The van der Waals surface area contributed by atoms with E-state index in [-0.39, 0.29) is 17.5 Å². The number of carbonyl (C=O) groups excluding carboxylic acids is 1. The Morgan fingerprint density at radius 3 is 2.36 bits per heavy atom. The van der Waals surface area contributed by atoms with E-state index in [0.29, 0.717) is 10.7 Å². The van der Waals surface area contributed by atoms with Crippen molar-refractivity contribution < 1.29 is 4.79 Å². The van der Waals surface area contributed by atoms with E-state index in [0.717, 1.165) is 18.4 Å². The fourth-order valence-electron chi connectivity index (χ4n) is 2.79. The first-order chi connectivity index (χ1) is 12.2. The first-order valence-electron chi connectivity index (χ1n) is 8.22. The van der Waals surface area contributed by atoms with Crippen LogP contribution in [0.5, 0.6) is 0 Å². The SMILES string of the molecule is O=C(c1ccccc1)[C@@H](Sc1n[nH]c(=O)n1C1CC1)c1ccccc1.